The Hall–Kier alpha value is -2.47. The molecule has 1 aliphatic rings. The maximum absolute atomic E-state index is 13.2. The number of hydrogen-bond acceptors (Lipinski definition) is 4. The van der Waals surface area contributed by atoms with E-state index in [9.17, 15) is 4.39 Å². The molecule has 0 amide bonds. The second kappa shape index (κ2) is 7.87. The van der Waals surface area contributed by atoms with Crippen molar-refractivity contribution in [1.82, 2.24) is 20.3 Å². The van der Waals surface area contributed by atoms with Crippen molar-refractivity contribution in [3.63, 3.8) is 0 Å². The van der Waals surface area contributed by atoms with Gasteiger partial charge in [-0.15, -0.1) is 0 Å². The van der Waals surface area contributed by atoms with Crippen LogP contribution in [0.4, 0.5) is 4.39 Å². The van der Waals surface area contributed by atoms with Crippen molar-refractivity contribution in [2.75, 3.05) is 0 Å². The summed E-state index contributed by atoms with van der Waals surface area (Å²) in [6.45, 7) is 6.86. The first-order chi connectivity index (χ1) is 13.5. The molecule has 2 aromatic heterocycles. The molecule has 0 radical (unpaired) electrons. The van der Waals surface area contributed by atoms with Crippen molar-refractivity contribution in [2.45, 2.75) is 59.0 Å². The molecule has 2 heterocycles. The molecule has 1 aliphatic carbocycles. The van der Waals surface area contributed by atoms with Gasteiger partial charge < -0.3 is 9.84 Å². The SMILES string of the molecule is Cc1cc(C[C@@H]2CCC[C@H]2NCc2c(C)nn(-c3ccc(F)cc3)c2C)on1. The fourth-order valence-corrected chi connectivity index (χ4v) is 4.32. The van der Waals surface area contributed by atoms with E-state index in [0.717, 1.165) is 41.5 Å². The van der Waals surface area contributed by atoms with E-state index in [1.165, 1.54) is 37.0 Å². The van der Waals surface area contributed by atoms with Crippen LogP contribution in [0, 0.1) is 32.5 Å². The van der Waals surface area contributed by atoms with E-state index < -0.39 is 0 Å². The van der Waals surface area contributed by atoms with Crippen LogP contribution < -0.4 is 5.32 Å². The Morgan fingerprint density at radius 3 is 2.68 bits per heavy atom. The second-order valence-electron chi connectivity index (χ2n) is 7.85. The first-order valence-electron chi connectivity index (χ1n) is 9.98. The summed E-state index contributed by atoms with van der Waals surface area (Å²) in [6.07, 6.45) is 4.57. The highest BCUT2D eigenvalue weighted by molar-refractivity contribution is 5.37. The lowest BCUT2D eigenvalue weighted by Gasteiger charge is -2.20. The van der Waals surface area contributed by atoms with E-state index in [2.05, 4.69) is 22.5 Å². The predicted octanol–water partition coefficient (Wildman–Crippen LogP) is 4.43. The van der Waals surface area contributed by atoms with Crippen LogP contribution in [-0.2, 0) is 13.0 Å². The minimum atomic E-state index is -0.235. The third-order valence-corrected chi connectivity index (χ3v) is 5.85. The first-order valence-corrected chi connectivity index (χ1v) is 9.98. The Bertz CT molecular complexity index is 944. The fraction of sp³-hybridized carbons (Fsp3) is 0.455. The summed E-state index contributed by atoms with van der Waals surface area (Å²) < 4.78 is 20.5. The summed E-state index contributed by atoms with van der Waals surface area (Å²) >= 11 is 0. The lowest BCUT2D eigenvalue weighted by atomic mass is 9.97. The number of nitrogens with zero attached hydrogens (tertiary/aromatic N) is 3. The smallest absolute Gasteiger partial charge is 0.137 e. The van der Waals surface area contributed by atoms with Crippen molar-refractivity contribution in [1.29, 1.82) is 0 Å². The molecule has 4 rings (SSSR count). The molecule has 1 N–H and O–H groups in total. The fourth-order valence-electron chi connectivity index (χ4n) is 4.32. The average molecular weight is 382 g/mol. The molecule has 1 aromatic carbocycles. The number of benzene rings is 1. The second-order valence-corrected chi connectivity index (χ2v) is 7.85. The van der Waals surface area contributed by atoms with Gasteiger partial charge in [-0.1, -0.05) is 11.6 Å². The van der Waals surface area contributed by atoms with Crippen molar-refractivity contribution in [3.05, 3.63) is 64.6 Å². The van der Waals surface area contributed by atoms with Crippen LogP contribution >= 0.6 is 0 Å². The molecule has 0 bridgehead atoms. The molecule has 0 unspecified atom stereocenters. The van der Waals surface area contributed by atoms with Gasteiger partial charge in [0.2, 0.25) is 0 Å². The summed E-state index contributed by atoms with van der Waals surface area (Å²) in [4.78, 5) is 0. The van der Waals surface area contributed by atoms with Crippen molar-refractivity contribution in [3.8, 4) is 5.69 Å². The van der Waals surface area contributed by atoms with E-state index in [0.29, 0.717) is 12.0 Å². The summed E-state index contributed by atoms with van der Waals surface area (Å²) in [7, 11) is 0. The number of halogens is 1. The van der Waals surface area contributed by atoms with E-state index in [-0.39, 0.29) is 5.82 Å². The van der Waals surface area contributed by atoms with Crippen molar-refractivity contribution < 1.29 is 8.91 Å². The highest BCUT2D eigenvalue weighted by Crippen LogP contribution is 2.30. The van der Waals surface area contributed by atoms with Gasteiger partial charge in [-0.3, -0.25) is 0 Å². The molecule has 6 heteroatoms. The molecule has 3 aromatic rings. The maximum Gasteiger partial charge on any atom is 0.137 e. The predicted molar refractivity (Wildman–Crippen MR) is 106 cm³/mol. The molecule has 2 atom stereocenters. The highest BCUT2D eigenvalue weighted by Gasteiger charge is 2.28. The number of nitrogens with one attached hydrogen (secondary N) is 1. The quantitative estimate of drug-likeness (QED) is 0.685. The van der Waals surface area contributed by atoms with E-state index >= 15 is 0 Å². The van der Waals surface area contributed by atoms with Crippen LogP contribution in [-0.4, -0.2) is 21.0 Å². The molecule has 1 fully saturated rings. The van der Waals surface area contributed by atoms with Crippen molar-refractivity contribution >= 4 is 0 Å². The molecule has 0 aliphatic heterocycles. The number of rotatable bonds is 6. The van der Waals surface area contributed by atoms with Crippen LogP contribution in [0.3, 0.4) is 0 Å². The van der Waals surface area contributed by atoms with E-state index in [1.54, 1.807) is 12.1 Å². The molecular weight excluding hydrogens is 355 g/mol. The number of aryl methyl sites for hydroxylation is 2. The summed E-state index contributed by atoms with van der Waals surface area (Å²) in [5.41, 5.74) is 5.14. The zero-order valence-corrected chi connectivity index (χ0v) is 16.7. The van der Waals surface area contributed by atoms with Crippen LogP contribution in [0.25, 0.3) is 5.69 Å². The lowest BCUT2D eigenvalue weighted by molar-refractivity contribution is 0.329. The van der Waals surface area contributed by atoms with Crippen molar-refractivity contribution in [2.24, 2.45) is 5.92 Å². The van der Waals surface area contributed by atoms with Gasteiger partial charge in [0.1, 0.15) is 11.6 Å². The molecule has 1 saturated carbocycles. The summed E-state index contributed by atoms with van der Waals surface area (Å²) in [5, 5.41) is 12.4. The lowest BCUT2D eigenvalue weighted by Crippen LogP contribution is -2.33. The van der Waals surface area contributed by atoms with Crippen LogP contribution in [0.2, 0.25) is 0 Å². The Kier molecular flexibility index (Phi) is 5.31. The molecule has 0 saturated heterocycles. The third-order valence-electron chi connectivity index (χ3n) is 5.85. The Morgan fingerprint density at radius 2 is 1.96 bits per heavy atom. The summed E-state index contributed by atoms with van der Waals surface area (Å²) in [5.74, 6) is 1.31. The van der Waals surface area contributed by atoms with E-state index in [1.807, 2.05) is 24.6 Å². The topological polar surface area (TPSA) is 55.9 Å². The molecule has 28 heavy (non-hydrogen) atoms. The van der Waals surface area contributed by atoms with Crippen LogP contribution in [0.15, 0.2) is 34.9 Å². The molecule has 148 valence electrons. The van der Waals surface area contributed by atoms with Gasteiger partial charge >= 0.3 is 0 Å². The zero-order valence-electron chi connectivity index (χ0n) is 16.7. The minimum Gasteiger partial charge on any atom is -0.361 e. The monoisotopic (exact) mass is 382 g/mol. The number of hydrogen-bond donors (Lipinski definition) is 1. The highest BCUT2D eigenvalue weighted by atomic mass is 19.1. The van der Waals surface area contributed by atoms with Gasteiger partial charge in [-0.25, -0.2) is 9.07 Å². The maximum atomic E-state index is 13.2. The zero-order chi connectivity index (χ0) is 19.7. The van der Waals surface area contributed by atoms with Gasteiger partial charge in [-0.2, -0.15) is 5.10 Å². The van der Waals surface area contributed by atoms with Gasteiger partial charge in [0.25, 0.3) is 0 Å². The Labute approximate surface area is 164 Å². The van der Waals surface area contributed by atoms with Gasteiger partial charge in [-0.05, 0) is 63.8 Å². The molecule has 5 nitrogen and oxygen atoms in total. The van der Waals surface area contributed by atoms with Gasteiger partial charge in [0, 0.05) is 36.3 Å². The van der Waals surface area contributed by atoms with E-state index in [4.69, 9.17) is 4.52 Å². The van der Waals surface area contributed by atoms with Crippen LogP contribution in [0.5, 0.6) is 0 Å². The largest absolute Gasteiger partial charge is 0.361 e. The average Bonchev–Trinajstić information content (AvgIpc) is 3.36. The van der Waals surface area contributed by atoms with Crippen LogP contribution in [0.1, 0.15) is 47.7 Å². The molecular formula is C22H27FN4O. The minimum absolute atomic E-state index is 0.235. The standard InChI is InChI=1S/C22H27FN4O/c1-14-11-20(28-26-14)12-17-5-4-6-22(17)24-13-21-15(2)25-27(16(21)3)19-9-7-18(23)8-10-19/h7-11,17,22,24H,4-6,12-13H2,1-3H3/t17-,22+/m0/s1. The normalized spacial score (nSPS) is 19.4. The molecule has 0 spiro atoms. The third kappa shape index (κ3) is 3.87. The Morgan fingerprint density at radius 1 is 1.18 bits per heavy atom. The van der Waals surface area contributed by atoms with Gasteiger partial charge in [0.15, 0.2) is 0 Å². The number of aromatic nitrogens is 3. The summed E-state index contributed by atoms with van der Waals surface area (Å²) in [6, 6.07) is 8.97. The Balaban J connectivity index is 1.45. The first kappa shape index (κ1) is 18.9. The van der Waals surface area contributed by atoms with Gasteiger partial charge in [0.05, 0.1) is 17.1 Å².